The van der Waals surface area contributed by atoms with E-state index in [1.165, 1.54) is 12.8 Å². The first-order valence-electron chi connectivity index (χ1n) is 10.6. The van der Waals surface area contributed by atoms with E-state index in [1.807, 2.05) is 7.05 Å². The largest absolute Gasteiger partial charge is 0.376 e. The van der Waals surface area contributed by atoms with Crippen molar-refractivity contribution >= 4 is 29.9 Å². The first kappa shape index (κ1) is 24.9. The van der Waals surface area contributed by atoms with E-state index < -0.39 is 0 Å². The highest BCUT2D eigenvalue weighted by Gasteiger charge is 2.24. The van der Waals surface area contributed by atoms with Gasteiger partial charge in [0.15, 0.2) is 5.96 Å². The summed E-state index contributed by atoms with van der Waals surface area (Å²) in [5.74, 6) is 1.03. The van der Waals surface area contributed by atoms with Gasteiger partial charge in [-0.05, 0) is 52.1 Å². The van der Waals surface area contributed by atoms with Crippen LogP contribution in [0.2, 0.25) is 0 Å². The molecule has 2 aliphatic rings. The first-order valence-corrected chi connectivity index (χ1v) is 10.6. The predicted molar refractivity (Wildman–Crippen MR) is 123 cm³/mol. The van der Waals surface area contributed by atoms with Crippen LogP contribution in [0.4, 0.5) is 0 Å². The van der Waals surface area contributed by atoms with Crippen molar-refractivity contribution in [3.8, 4) is 0 Å². The molecule has 0 aromatic carbocycles. The molecule has 2 unspecified atom stereocenters. The van der Waals surface area contributed by atoms with Gasteiger partial charge in [-0.2, -0.15) is 0 Å². The lowest BCUT2D eigenvalue weighted by Gasteiger charge is -2.36. The molecule has 2 heterocycles. The third-order valence-corrected chi connectivity index (χ3v) is 5.74. The second-order valence-electron chi connectivity index (χ2n) is 7.51. The van der Waals surface area contributed by atoms with Crippen molar-refractivity contribution in [3.63, 3.8) is 0 Å². The fourth-order valence-electron chi connectivity index (χ4n) is 3.96. The number of rotatable bonds is 8. The van der Waals surface area contributed by atoms with E-state index in [0.29, 0.717) is 18.2 Å². The Morgan fingerprint density at radius 1 is 1.22 bits per heavy atom. The average molecular weight is 496 g/mol. The number of ether oxygens (including phenoxy) is 2. The summed E-state index contributed by atoms with van der Waals surface area (Å²) in [5, 5.41) is 3.56. The highest BCUT2D eigenvalue weighted by Crippen LogP contribution is 2.18. The smallest absolute Gasteiger partial charge is 0.193 e. The lowest BCUT2D eigenvalue weighted by atomic mass is 10.1. The Labute approximate surface area is 183 Å². The number of likely N-dealkylation sites (tertiary alicyclic amines) is 1. The van der Waals surface area contributed by atoms with Crippen LogP contribution in [0.25, 0.3) is 0 Å². The molecular weight excluding hydrogens is 455 g/mol. The zero-order chi connectivity index (χ0) is 18.8. The highest BCUT2D eigenvalue weighted by atomic mass is 127. The van der Waals surface area contributed by atoms with Crippen molar-refractivity contribution in [2.75, 3.05) is 53.0 Å². The number of piperidine rings is 1. The molecule has 1 N–H and O–H groups in total. The first-order chi connectivity index (χ1) is 12.7. The Balaban J connectivity index is 0.00000364. The average Bonchev–Trinajstić information content (AvgIpc) is 2.69. The van der Waals surface area contributed by atoms with E-state index >= 15 is 0 Å². The fourth-order valence-corrected chi connectivity index (χ4v) is 3.96. The van der Waals surface area contributed by atoms with Crippen LogP contribution in [0.15, 0.2) is 4.99 Å². The molecule has 2 rings (SSSR count). The summed E-state index contributed by atoms with van der Waals surface area (Å²) < 4.78 is 11.9. The van der Waals surface area contributed by atoms with Crippen molar-refractivity contribution < 1.29 is 9.47 Å². The minimum atomic E-state index is 0. The Kier molecular flexibility index (Phi) is 12.9. The molecule has 0 spiro atoms. The van der Waals surface area contributed by atoms with E-state index in [4.69, 9.17) is 9.47 Å². The molecule has 2 atom stereocenters. The van der Waals surface area contributed by atoms with Crippen LogP contribution >= 0.6 is 24.0 Å². The normalized spacial score (nSPS) is 23.2. The predicted octanol–water partition coefficient (Wildman–Crippen LogP) is 2.96. The maximum absolute atomic E-state index is 6.12. The Bertz CT molecular complexity index is 407. The van der Waals surface area contributed by atoms with Crippen molar-refractivity contribution in [3.05, 3.63) is 0 Å². The van der Waals surface area contributed by atoms with Gasteiger partial charge in [-0.1, -0.05) is 13.8 Å². The van der Waals surface area contributed by atoms with E-state index in [2.05, 4.69) is 40.9 Å². The molecule has 2 aliphatic heterocycles. The number of guanidine groups is 1. The van der Waals surface area contributed by atoms with Gasteiger partial charge in [-0.15, -0.1) is 24.0 Å². The lowest BCUT2D eigenvalue weighted by Crippen LogP contribution is -2.50. The zero-order valence-electron chi connectivity index (χ0n) is 17.8. The van der Waals surface area contributed by atoms with Crippen molar-refractivity contribution in [1.29, 1.82) is 0 Å². The number of nitrogens with zero attached hydrogens (tertiary/aromatic N) is 3. The number of nitrogens with one attached hydrogen (secondary N) is 1. The van der Waals surface area contributed by atoms with Crippen LogP contribution in [-0.2, 0) is 9.47 Å². The lowest BCUT2D eigenvalue weighted by molar-refractivity contribution is -0.0721. The van der Waals surface area contributed by atoms with Gasteiger partial charge < -0.3 is 19.7 Å². The third-order valence-electron chi connectivity index (χ3n) is 5.74. The molecule has 27 heavy (non-hydrogen) atoms. The highest BCUT2D eigenvalue weighted by molar-refractivity contribution is 14.0. The van der Waals surface area contributed by atoms with E-state index in [9.17, 15) is 0 Å². The van der Waals surface area contributed by atoms with Gasteiger partial charge in [0.2, 0.25) is 0 Å². The van der Waals surface area contributed by atoms with Crippen LogP contribution in [0.5, 0.6) is 0 Å². The monoisotopic (exact) mass is 496 g/mol. The number of hydrogen-bond donors (Lipinski definition) is 1. The number of halogens is 1. The molecule has 2 saturated heterocycles. The number of aliphatic imine (C=N–C) groups is 1. The van der Waals surface area contributed by atoms with Gasteiger partial charge in [0.1, 0.15) is 0 Å². The molecule has 0 amide bonds. The van der Waals surface area contributed by atoms with E-state index in [-0.39, 0.29) is 24.0 Å². The molecule has 160 valence electrons. The summed E-state index contributed by atoms with van der Waals surface area (Å²) in [4.78, 5) is 9.32. The van der Waals surface area contributed by atoms with Crippen LogP contribution in [0, 0.1) is 0 Å². The minimum absolute atomic E-state index is 0. The summed E-state index contributed by atoms with van der Waals surface area (Å²) in [6, 6.07) is 0.512. The minimum Gasteiger partial charge on any atom is -0.376 e. The van der Waals surface area contributed by atoms with Crippen molar-refractivity contribution in [2.24, 2.45) is 4.99 Å². The zero-order valence-corrected chi connectivity index (χ0v) is 20.1. The maximum atomic E-state index is 6.12. The third kappa shape index (κ3) is 8.41. The second kappa shape index (κ2) is 14.0. The van der Waals surface area contributed by atoms with Crippen LogP contribution < -0.4 is 5.32 Å². The van der Waals surface area contributed by atoms with Crippen molar-refractivity contribution in [2.45, 2.75) is 71.1 Å². The summed E-state index contributed by atoms with van der Waals surface area (Å²) >= 11 is 0. The van der Waals surface area contributed by atoms with Gasteiger partial charge in [-0.25, -0.2) is 0 Å². The van der Waals surface area contributed by atoms with Gasteiger partial charge in [0, 0.05) is 39.3 Å². The van der Waals surface area contributed by atoms with Crippen molar-refractivity contribution in [1.82, 2.24) is 15.1 Å². The van der Waals surface area contributed by atoms with Gasteiger partial charge in [-0.3, -0.25) is 9.89 Å². The molecule has 0 aromatic rings. The topological polar surface area (TPSA) is 49.3 Å². The molecule has 7 heteroatoms. The van der Waals surface area contributed by atoms with Gasteiger partial charge in [0.25, 0.3) is 0 Å². The molecule has 0 aromatic heterocycles. The summed E-state index contributed by atoms with van der Waals surface area (Å²) in [7, 11) is 1.88. The van der Waals surface area contributed by atoms with E-state index in [0.717, 1.165) is 71.2 Å². The Hall–Kier alpha value is -0.120. The standard InChI is InChI=1S/C20H40N4O2.HI/c1-5-23(6-2)17(3)15-22-20(21-4)24-12-10-18(11-13-24)26-16-19-9-7-8-14-25-19;/h17-19H,5-16H2,1-4H3,(H,21,22);1H. The Morgan fingerprint density at radius 2 is 1.93 bits per heavy atom. The number of likely N-dealkylation sites (N-methyl/N-ethyl adjacent to an activating group) is 1. The van der Waals surface area contributed by atoms with Crippen LogP contribution in [-0.4, -0.2) is 87.0 Å². The van der Waals surface area contributed by atoms with E-state index in [1.54, 1.807) is 0 Å². The summed E-state index contributed by atoms with van der Waals surface area (Å²) in [5.41, 5.74) is 0. The maximum Gasteiger partial charge on any atom is 0.193 e. The second-order valence-corrected chi connectivity index (χ2v) is 7.51. The summed E-state index contributed by atoms with van der Waals surface area (Å²) in [6.07, 6.45) is 6.45. The van der Waals surface area contributed by atoms with Gasteiger partial charge >= 0.3 is 0 Å². The number of hydrogen-bond acceptors (Lipinski definition) is 4. The molecule has 0 bridgehead atoms. The molecule has 6 nitrogen and oxygen atoms in total. The quantitative estimate of drug-likeness (QED) is 0.318. The molecule has 0 radical (unpaired) electrons. The fraction of sp³-hybridized carbons (Fsp3) is 0.950. The molecule has 0 aliphatic carbocycles. The summed E-state index contributed by atoms with van der Waals surface area (Å²) in [6.45, 7) is 13.5. The van der Waals surface area contributed by atoms with Crippen LogP contribution in [0.3, 0.4) is 0 Å². The molecule has 0 saturated carbocycles. The molecular formula is C20H41IN4O2. The van der Waals surface area contributed by atoms with Crippen LogP contribution in [0.1, 0.15) is 52.9 Å². The van der Waals surface area contributed by atoms with Gasteiger partial charge in [0.05, 0.1) is 18.8 Å². The Morgan fingerprint density at radius 3 is 2.48 bits per heavy atom. The SMILES string of the molecule is CCN(CC)C(C)CNC(=NC)N1CCC(OCC2CCCCO2)CC1.I. The molecule has 2 fully saturated rings.